The summed E-state index contributed by atoms with van der Waals surface area (Å²) in [5.74, 6) is 2.00. The zero-order valence-electron chi connectivity index (χ0n) is 15.0. The van der Waals surface area contributed by atoms with E-state index in [0.29, 0.717) is 24.5 Å². The Bertz CT molecular complexity index is 814. The van der Waals surface area contributed by atoms with E-state index < -0.39 is 0 Å². The molecule has 4 rings (SSSR count). The highest BCUT2D eigenvalue weighted by Crippen LogP contribution is 2.29. The van der Waals surface area contributed by atoms with E-state index in [1.807, 2.05) is 11.8 Å². The highest BCUT2D eigenvalue weighted by atomic mass is 35.5. The Morgan fingerprint density at radius 3 is 2.77 bits per heavy atom. The molecule has 0 aromatic carbocycles. The molecule has 0 unspecified atom stereocenters. The Hall–Kier alpha value is -2.15. The van der Waals surface area contributed by atoms with Crippen LogP contribution < -0.4 is 4.90 Å². The van der Waals surface area contributed by atoms with Crippen LogP contribution in [-0.4, -0.2) is 50.2 Å². The van der Waals surface area contributed by atoms with Crippen molar-refractivity contribution in [1.82, 2.24) is 24.6 Å². The molecule has 26 heavy (non-hydrogen) atoms. The van der Waals surface area contributed by atoms with Crippen molar-refractivity contribution in [3.63, 3.8) is 0 Å². The summed E-state index contributed by atoms with van der Waals surface area (Å²) in [6.45, 7) is 5.89. The molecule has 4 heterocycles. The summed E-state index contributed by atoms with van der Waals surface area (Å²) in [6, 6.07) is 0. The van der Waals surface area contributed by atoms with Crippen LogP contribution in [0.4, 0.5) is 5.82 Å². The molecule has 2 aliphatic rings. The van der Waals surface area contributed by atoms with E-state index in [9.17, 15) is 4.79 Å². The summed E-state index contributed by atoms with van der Waals surface area (Å²) < 4.78 is 1.70. The summed E-state index contributed by atoms with van der Waals surface area (Å²) in [4.78, 5) is 26.2. The van der Waals surface area contributed by atoms with Crippen molar-refractivity contribution < 1.29 is 4.79 Å². The lowest BCUT2D eigenvalue weighted by atomic mass is 10.0. The zero-order chi connectivity index (χ0) is 18.1. The third kappa shape index (κ3) is 3.53. The Kier molecular flexibility index (Phi) is 4.80. The third-order valence-corrected chi connectivity index (χ3v) is 5.27. The number of halogens is 1. The molecule has 0 saturated carbocycles. The molecule has 0 bridgehead atoms. The maximum atomic E-state index is 12.6. The maximum Gasteiger partial charge on any atom is 0.224 e. The van der Waals surface area contributed by atoms with Crippen LogP contribution in [0.3, 0.4) is 0 Å². The number of rotatable bonds is 4. The van der Waals surface area contributed by atoms with Crippen molar-refractivity contribution in [2.24, 2.45) is 0 Å². The molecule has 1 amide bonds. The number of carbonyl (C=O) groups is 1. The fourth-order valence-corrected chi connectivity index (χ4v) is 3.92. The largest absolute Gasteiger partial charge is 0.356 e. The van der Waals surface area contributed by atoms with Crippen molar-refractivity contribution in [2.45, 2.75) is 45.7 Å². The molecule has 2 aromatic heterocycles. The summed E-state index contributed by atoms with van der Waals surface area (Å²) in [7, 11) is 0. The summed E-state index contributed by atoms with van der Waals surface area (Å²) in [6.07, 6.45) is 7.00. The van der Waals surface area contributed by atoms with Crippen molar-refractivity contribution >= 4 is 23.3 Å². The van der Waals surface area contributed by atoms with Crippen LogP contribution in [0.25, 0.3) is 0 Å². The fraction of sp³-hybridized carbons (Fsp3) is 0.556. The van der Waals surface area contributed by atoms with Crippen LogP contribution in [0.2, 0.25) is 5.02 Å². The predicted octanol–water partition coefficient (Wildman–Crippen LogP) is 2.21. The van der Waals surface area contributed by atoms with Gasteiger partial charge in [0.25, 0.3) is 0 Å². The van der Waals surface area contributed by atoms with Gasteiger partial charge in [0.05, 0.1) is 23.5 Å². The first kappa shape index (κ1) is 17.3. The number of carbonyl (C=O) groups excluding carboxylic acids is 1. The molecule has 1 saturated heterocycles. The molecule has 0 spiro atoms. The third-order valence-electron chi connectivity index (χ3n) is 5.07. The second kappa shape index (κ2) is 7.23. The average Bonchev–Trinajstić information content (AvgIpc) is 3.30. The summed E-state index contributed by atoms with van der Waals surface area (Å²) in [5, 5.41) is 4.71. The topological polar surface area (TPSA) is 67.2 Å². The summed E-state index contributed by atoms with van der Waals surface area (Å²) >= 11 is 5.87. The molecule has 0 atom stereocenters. The minimum atomic E-state index is 0.126. The van der Waals surface area contributed by atoms with Gasteiger partial charge < -0.3 is 9.80 Å². The van der Waals surface area contributed by atoms with Gasteiger partial charge in [0.15, 0.2) is 0 Å². The van der Waals surface area contributed by atoms with E-state index in [1.165, 1.54) is 18.4 Å². The van der Waals surface area contributed by atoms with Gasteiger partial charge in [-0.25, -0.2) is 9.97 Å². The van der Waals surface area contributed by atoms with Gasteiger partial charge in [-0.1, -0.05) is 11.6 Å². The molecule has 2 aliphatic heterocycles. The standard InChI is InChI=1S/C18H23ClN6O/c1-13-21-16-12-24(17(26)5-9-25-11-14(19)10-20-25)8-4-15(16)18(22-13)23-6-2-3-7-23/h10-11H,2-9,12H2,1H3. The van der Waals surface area contributed by atoms with Gasteiger partial charge in [-0.2, -0.15) is 5.10 Å². The first-order valence-corrected chi connectivity index (χ1v) is 9.55. The van der Waals surface area contributed by atoms with Gasteiger partial charge in [-0.15, -0.1) is 0 Å². The first-order chi connectivity index (χ1) is 12.6. The SMILES string of the molecule is Cc1nc2c(c(N3CCCC3)n1)CCN(C(=O)CCn1cc(Cl)cn1)C2. The Morgan fingerprint density at radius 2 is 2.04 bits per heavy atom. The van der Waals surface area contributed by atoms with E-state index >= 15 is 0 Å². The molecule has 0 N–H and O–H groups in total. The van der Waals surface area contributed by atoms with E-state index in [2.05, 4.69) is 15.0 Å². The van der Waals surface area contributed by atoms with Gasteiger partial charge in [0, 0.05) is 44.4 Å². The number of amides is 1. The van der Waals surface area contributed by atoms with Gasteiger partial charge in [-0.05, 0) is 26.2 Å². The van der Waals surface area contributed by atoms with Crippen molar-refractivity contribution in [2.75, 3.05) is 24.5 Å². The average molecular weight is 375 g/mol. The van der Waals surface area contributed by atoms with E-state index in [4.69, 9.17) is 16.6 Å². The maximum absolute atomic E-state index is 12.6. The van der Waals surface area contributed by atoms with Crippen molar-refractivity contribution in [1.29, 1.82) is 0 Å². The smallest absolute Gasteiger partial charge is 0.224 e. The van der Waals surface area contributed by atoms with Gasteiger partial charge in [0.1, 0.15) is 11.6 Å². The van der Waals surface area contributed by atoms with E-state index in [-0.39, 0.29) is 5.91 Å². The number of aromatic nitrogens is 4. The molecule has 1 fully saturated rings. The second-order valence-electron chi connectivity index (χ2n) is 6.95. The zero-order valence-corrected chi connectivity index (χ0v) is 15.7. The first-order valence-electron chi connectivity index (χ1n) is 9.17. The molecular weight excluding hydrogens is 352 g/mol. The molecule has 0 aliphatic carbocycles. The van der Waals surface area contributed by atoms with Crippen molar-refractivity contribution in [3.05, 3.63) is 34.5 Å². The van der Waals surface area contributed by atoms with Crippen LogP contribution in [-0.2, 0) is 24.3 Å². The lowest BCUT2D eigenvalue weighted by Gasteiger charge is -2.31. The molecule has 8 heteroatoms. The quantitative estimate of drug-likeness (QED) is 0.820. The predicted molar refractivity (Wildman–Crippen MR) is 99.2 cm³/mol. The number of hydrogen-bond donors (Lipinski definition) is 0. The monoisotopic (exact) mass is 374 g/mol. The van der Waals surface area contributed by atoms with Crippen LogP contribution in [0.1, 0.15) is 36.3 Å². The van der Waals surface area contributed by atoms with Crippen molar-refractivity contribution in [3.8, 4) is 0 Å². The van der Waals surface area contributed by atoms with E-state index in [1.54, 1.807) is 17.1 Å². The van der Waals surface area contributed by atoms with Crippen LogP contribution in [0.5, 0.6) is 0 Å². The highest BCUT2D eigenvalue weighted by molar-refractivity contribution is 6.30. The Morgan fingerprint density at radius 1 is 1.23 bits per heavy atom. The van der Waals surface area contributed by atoms with E-state index in [0.717, 1.165) is 43.4 Å². The Labute approximate surface area is 158 Å². The minimum Gasteiger partial charge on any atom is -0.356 e. The van der Waals surface area contributed by atoms with Crippen LogP contribution in [0, 0.1) is 6.92 Å². The summed E-state index contributed by atoms with van der Waals surface area (Å²) in [5.41, 5.74) is 2.22. The van der Waals surface area contributed by atoms with Gasteiger partial charge in [-0.3, -0.25) is 9.48 Å². The molecule has 7 nitrogen and oxygen atoms in total. The number of anilines is 1. The fourth-order valence-electron chi connectivity index (χ4n) is 3.76. The van der Waals surface area contributed by atoms with Crippen LogP contribution in [0.15, 0.2) is 12.4 Å². The lowest BCUT2D eigenvalue weighted by molar-refractivity contribution is -0.132. The number of hydrogen-bond acceptors (Lipinski definition) is 5. The lowest BCUT2D eigenvalue weighted by Crippen LogP contribution is -2.38. The normalized spacial score (nSPS) is 16.8. The van der Waals surface area contributed by atoms with Gasteiger partial charge in [0.2, 0.25) is 5.91 Å². The Balaban J connectivity index is 1.46. The van der Waals surface area contributed by atoms with Gasteiger partial charge >= 0.3 is 0 Å². The molecule has 138 valence electrons. The molecule has 2 aromatic rings. The molecule has 0 radical (unpaired) electrons. The minimum absolute atomic E-state index is 0.126. The highest BCUT2D eigenvalue weighted by Gasteiger charge is 2.27. The molecular formula is C18H23ClN6O. The number of nitrogens with zero attached hydrogens (tertiary/aromatic N) is 6. The second-order valence-corrected chi connectivity index (χ2v) is 7.39. The van der Waals surface area contributed by atoms with Crippen LogP contribution >= 0.6 is 11.6 Å². The number of aryl methyl sites for hydroxylation is 2. The number of fused-ring (bicyclic) bond motifs is 1.